The van der Waals surface area contributed by atoms with Gasteiger partial charge in [0.15, 0.2) is 0 Å². The standard InChI is InChI=1S/C38H56N6O8/c1-7-14-27(32(46)34(48)39-22-28(45)41-29(35(49)43(5)6)23-15-10-8-11-16-23)40-33(47)31-25-19-20-26(21-25)44(31)36(50)30(24-17-12-9-13-18-24)42-37(51)52-38(2,3)4/h8,10-11,15-16,24-27,29-31H,7,9,12-14,17-22H2,1-6H3,(H,39,48)(H,40,47)(H,41,45)(H,42,51)/t25?,26?,27?,29-,30?,31?/m0/s1. The van der Waals surface area contributed by atoms with Crippen molar-refractivity contribution in [2.24, 2.45) is 11.8 Å². The van der Waals surface area contributed by atoms with Crippen LogP contribution in [0.2, 0.25) is 0 Å². The Morgan fingerprint density at radius 2 is 1.58 bits per heavy atom. The molecule has 2 saturated carbocycles. The van der Waals surface area contributed by atoms with Crippen LogP contribution in [0.15, 0.2) is 30.3 Å². The summed E-state index contributed by atoms with van der Waals surface area (Å²) in [5, 5.41) is 10.6. The van der Waals surface area contributed by atoms with Gasteiger partial charge >= 0.3 is 6.09 Å². The molecule has 2 aliphatic carbocycles. The molecule has 4 rings (SSSR count). The van der Waals surface area contributed by atoms with Crippen molar-refractivity contribution in [1.29, 1.82) is 0 Å². The van der Waals surface area contributed by atoms with Crippen LogP contribution in [0.3, 0.4) is 0 Å². The summed E-state index contributed by atoms with van der Waals surface area (Å²) in [5.74, 6) is -4.09. The number of Topliss-reactive ketones (excluding diaryl/α,β-unsaturated/α-hetero) is 1. The Morgan fingerprint density at radius 1 is 0.904 bits per heavy atom. The van der Waals surface area contributed by atoms with Crippen molar-refractivity contribution >= 4 is 41.4 Å². The van der Waals surface area contributed by atoms with E-state index in [0.29, 0.717) is 18.4 Å². The Balaban J connectivity index is 1.43. The molecule has 0 spiro atoms. The van der Waals surface area contributed by atoms with Crippen molar-refractivity contribution in [2.45, 2.75) is 128 Å². The highest BCUT2D eigenvalue weighted by Gasteiger charge is 2.53. The SMILES string of the molecule is CCCC(NC(=O)C1C2CCC(C2)N1C(=O)C(NC(=O)OC(C)(C)C)C1CCCCC1)C(=O)C(=O)NCC(=O)N[C@H](C(=O)N(C)C)c1ccccc1. The van der Waals surface area contributed by atoms with Crippen LogP contribution >= 0.6 is 0 Å². The van der Waals surface area contributed by atoms with Crippen LogP contribution in [0.5, 0.6) is 0 Å². The lowest BCUT2D eigenvalue weighted by Gasteiger charge is -2.40. The van der Waals surface area contributed by atoms with E-state index < -0.39 is 65.9 Å². The molecule has 1 saturated heterocycles. The Kier molecular flexibility index (Phi) is 13.8. The van der Waals surface area contributed by atoms with E-state index in [2.05, 4.69) is 21.3 Å². The van der Waals surface area contributed by atoms with Crippen LogP contribution < -0.4 is 21.3 Å². The van der Waals surface area contributed by atoms with Gasteiger partial charge in [0, 0.05) is 20.1 Å². The summed E-state index contributed by atoms with van der Waals surface area (Å²) in [7, 11) is 3.13. The van der Waals surface area contributed by atoms with Crippen LogP contribution in [-0.2, 0) is 33.5 Å². The Hall–Kier alpha value is -4.49. The summed E-state index contributed by atoms with van der Waals surface area (Å²) in [6.45, 7) is 6.51. The third-order valence-corrected chi connectivity index (χ3v) is 10.1. The van der Waals surface area contributed by atoms with E-state index in [1.807, 2.05) is 6.92 Å². The molecular formula is C38H56N6O8. The second-order valence-corrected chi connectivity index (χ2v) is 15.5. The number of likely N-dealkylation sites (N-methyl/N-ethyl adjacent to an activating group) is 1. The van der Waals surface area contributed by atoms with Gasteiger partial charge in [0.1, 0.15) is 23.7 Å². The van der Waals surface area contributed by atoms with Gasteiger partial charge in [-0.2, -0.15) is 0 Å². The number of hydrogen-bond donors (Lipinski definition) is 4. The van der Waals surface area contributed by atoms with Gasteiger partial charge in [-0.15, -0.1) is 0 Å². The number of carbonyl (C=O) groups excluding carboxylic acids is 7. The van der Waals surface area contributed by atoms with E-state index in [9.17, 15) is 33.6 Å². The lowest BCUT2D eigenvalue weighted by atomic mass is 9.83. The maximum absolute atomic E-state index is 14.4. The number of benzene rings is 1. The molecule has 0 aromatic heterocycles. The predicted molar refractivity (Wildman–Crippen MR) is 192 cm³/mol. The first-order chi connectivity index (χ1) is 24.6. The number of likely N-dealkylation sites (tertiary alicyclic amines) is 1. The number of nitrogens with zero attached hydrogens (tertiary/aromatic N) is 2. The molecule has 1 aromatic rings. The lowest BCUT2D eigenvalue weighted by Crippen LogP contribution is -2.61. The van der Waals surface area contributed by atoms with Crippen molar-refractivity contribution in [2.75, 3.05) is 20.6 Å². The minimum Gasteiger partial charge on any atom is -0.444 e. The number of ether oxygens (including phenoxy) is 1. The number of hydrogen-bond acceptors (Lipinski definition) is 8. The van der Waals surface area contributed by atoms with E-state index >= 15 is 0 Å². The molecule has 5 unspecified atom stereocenters. The molecule has 1 aliphatic heterocycles. The molecule has 4 N–H and O–H groups in total. The quantitative estimate of drug-likeness (QED) is 0.211. The van der Waals surface area contributed by atoms with Gasteiger partial charge in [0.05, 0.1) is 12.6 Å². The number of piperidine rings is 1. The minimum atomic E-state index is -1.18. The number of rotatable bonds is 14. The molecule has 6 atom stereocenters. The van der Waals surface area contributed by atoms with Gasteiger partial charge < -0.3 is 35.8 Å². The van der Waals surface area contributed by atoms with E-state index in [1.165, 1.54) is 4.90 Å². The topological polar surface area (TPSA) is 183 Å². The van der Waals surface area contributed by atoms with Crippen LogP contribution in [0.1, 0.15) is 104 Å². The van der Waals surface area contributed by atoms with Crippen molar-refractivity contribution in [3.63, 3.8) is 0 Å². The summed E-state index contributed by atoms with van der Waals surface area (Å²) in [4.78, 5) is 96.4. The first kappa shape index (κ1) is 40.3. The van der Waals surface area contributed by atoms with Gasteiger partial charge in [-0.25, -0.2) is 4.79 Å². The third-order valence-electron chi connectivity index (χ3n) is 10.1. The average molecular weight is 725 g/mol. The first-order valence-electron chi connectivity index (χ1n) is 18.6. The minimum absolute atomic E-state index is 0.101. The molecule has 1 aromatic carbocycles. The zero-order valence-corrected chi connectivity index (χ0v) is 31.4. The first-order valence-corrected chi connectivity index (χ1v) is 18.6. The summed E-state index contributed by atoms with van der Waals surface area (Å²) in [5.41, 5.74) is -0.201. The van der Waals surface area contributed by atoms with E-state index in [0.717, 1.165) is 44.9 Å². The highest BCUT2D eigenvalue weighted by Crippen LogP contribution is 2.43. The molecule has 3 fully saturated rings. The number of ketones is 1. The average Bonchev–Trinajstić information content (AvgIpc) is 3.73. The van der Waals surface area contributed by atoms with E-state index in [4.69, 9.17) is 4.74 Å². The summed E-state index contributed by atoms with van der Waals surface area (Å²) >= 11 is 0. The molecular weight excluding hydrogens is 668 g/mol. The molecule has 286 valence electrons. The molecule has 3 aliphatic rings. The van der Waals surface area contributed by atoms with E-state index in [1.54, 1.807) is 70.1 Å². The van der Waals surface area contributed by atoms with Crippen LogP contribution in [-0.4, -0.2) is 102 Å². The summed E-state index contributed by atoms with van der Waals surface area (Å²) in [6, 6.07) is 4.59. The van der Waals surface area contributed by atoms with Crippen molar-refractivity contribution in [3.8, 4) is 0 Å². The maximum Gasteiger partial charge on any atom is 0.408 e. The number of nitrogens with one attached hydrogen (secondary N) is 4. The van der Waals surface area contributed by atoms with Crippen molar-refractivity contribution < 1.29 is 38.3 Å². The number of carbonyl (C=O) groups is 7. The highest BCUT2D eigenvalue weighted by atomic mass is 16.6. The predicted octanol–water partition coefficient (Wildman–Crippen LogP) is 2.76. The normalized spacial score (nSPS) is 21.7. The van der Waals surface area contributed by atoms with Gasteiger partial charge in [0.2, 0.25) is 29.4 Å². The third kappa shape index (κ3) is 10.3. The number of alkyl carbamates (subject to hydrolysis) is 1. The smallest absolute Gasteiger partial charge is 0.408 e. The van der Waals surface area contributed by atoms with Gasteiger partial charge in [-0.3, -0.25) is 28.8 Å². The molecule has 14 heteroatoms. The molecule has 1 heterocycles. The lowest BCUT2D eigenvalue weighted by molar-refractivity contribution is -0.147. The highest BCUT2D eigenvalue weighted by molar-refractivity contribution is 6.38. The van der Waals surface area contributed by atoms with Crippen molar-refractivity contribution in [3.05, 3.63) is 35.9 Å². The number of fused-ring (bicyclic) bond motifs is 2. The van der Waals surface area contributed by atoms with Gasteiger partial charge in [-0.1, -0.05) is 62.9 Å². The largest absolute Gasteiger partial charge is 0.444 e. The molecule has 14 nitrogen and oxygen atoms in total. The Labute approximate surface area is 306 Å². The van der Waals surface area contributed by atoms with E-state index in [-0.39, 0.29) is 36.1 Å². The number of amides is 6. The monoisotopic (exact) mass is 724 g/mol. The van der Waals surface area contributed by atoms with Crippen LogP contribution in [0.4, 0.5) is 4.79 Å². The van der Waals surface area contributed by atoms with Crippen LogP contribution in [0, 0.1) is 11.8 Å². The maximum atomic E-state index is 14.4. The summed E-state index contributed by atoms with van der Waals surface area (Å²) in [6.07, 6.45) is 6.52. The summed E-state index contributed by atoms with van der Waals surface area (Å²) < 4.78 is 5.51. The second-order valence-electron chi connectivity index (χ2n) is 15.5. The van der Waals surface area contributed by atoms with Crippen LogP contribution in [0.25, 0.3) is 0 Å². The zero-order valence-electron chi connectivity index (χ0n) is 31.4. The second kappa shape index (κ2) is 17.8. The fraction of sp³-hybridized carbons (Fsp3) is 0.658. The molecule has 2 bridgehead atoms. The van der Waals surface area contributed by atoms with Crippen molar-refractivity contribution in [1.82, 2.24) is 31.1 Å². The molecule has 6 amide bonds. The molecule has 52 heavy (non-hydrogen) atoms. The fourth-order valence-electron chi connectivity index (χ4n) is 7.71. The van der Waals surface area contributed by atoms with Gasteiger partial charge in [-0.05, 0) is 76.7 Å². The fourth-order valence-corrected chi connectivity index (χ4v) is 7.71. The van der Waals surface area contributed by atoms with Gasteiger partial charge in [0.25, 0.3) is 5.91 Å². The molecule has 0 radical (unpaired) electrons. The Morgan fingerprint density at radius 3 is 2.19 bits per heavy atom. The Bertz CT molecular complexity index is 1470. The zero-order chi connectivity index (χ0) is 38.2.